The van der Waals surface area contributed by atoms with Crippen molar-refractivity contribution in [2.75, 3.05) is 32.1 Å². The molecule has 2 rings (SSSR count). The summed E-state index contributed by atoms with van der Waals surface area (Å²) in [6.07, 6.45) is 3.34. The van der Waals surface area contributed by atoms with Crippen molar-refractivity contribution in [2.24, 2.45) is 0 Å². The van der Waals surface area contributed by atoms with E-state index in [-0.39, 0.29) is 6.61 Å². The molecular weight excluding hydrogens is 233 g/mol. The van der Waals surface area contributed by atoms with Crippen molar-refractivity contribution in [1.29, 1.82) is 0 Å². The highest BCUT2D eigenvalue weighted by Gasteiger charge is 2.23. The van der Waals surface area contributed by atoms with Crippen molar-refractivity contribution >= 4 is 5.82 Å². The highest BCUT2D eigenvalue weighted by atomic mass is 19.1. The minimum Gasteiger partial charge on any atom is -0.392 e. The molecule has 0 radical (unpaired) electrons. The van der Waals surface area contributed by atoms with Crippen LogP contribution < -0.4 is 4.90 Å². The van der Waals surface area contributed by atoms with Gasteiger partial charge in [-0.05, 0) is 39.0 Å². The van der Waals surface area contributed by atoms with Crippen molar-refractivity contribution in [3.8, 4) is 0 Å². The molecule has 1 aromatic rings. The molecule has 1 saturated heterocycles. The van der Waals surface area contributed by atoms with E-state index in [1.54, 1.807) is 0 Å². The van der Waals surface area contributed by atoms with Crippen molar-refractivity contribution in [1.82, 2.24) is 9.88 Å². The number of aromatic nitrogens is 1. The maximum atomic E-state index is 13.1. The van der Waals surface area contributed by atoms with Crippen LogP contribution in [-0.2, 0) is 6.61 Å². The van der Waals surface area contributed by atoms with Gasteiger partial charge >= 0.3 is 0 Å². The Hall–Kier alpha value is -1.20. The van der Waals surface area contributed by atoms with Gasteiger partial charge in [-0.3, -0.25) is 0 Å². The Balaban J connectivity index is 2.15. The summed E-state index contributed by atoms with van der Waals surface area (Å²) < 4.78 is 13.1. The summed E-state index contributed by atoms with van der Waals surface area (Å²) >= 11 is 0. The van der Waals surface area contributed by atoms with Gasteiger partial charge in [-0.1, -0.05) is 0 Å². The van der Waals surface area contributed by atoms with Crippen LogP contribution in [-0.4, -0.2) is 48.2 Å². The third kappa shape index (κ3) is 2.79. The van der Waals surface area contributed by atoms with Crippen LogP contribution in [0.25, 0.3) is 0 Å². The second-order valence-electron chi connectivity index (χ2n) is 4.94. The molecule has 1 aliphatic rings. The number of aliphatic hydroxyl groups excluding tert-OH is 1. The molecule has 0 atom stereocenters. The number of halogens is 1. The van der Waals surface area contributed by atoms with E-state index in [0.717, 1.165) is 25.9 Å². The molecule has 1 fully saturated rings. The Morgan fingerprint density at radius 1 is 1.50 bits per heavy atom. The van der Waals surface area contributed by atoms with Crippen LogP contribution in [0.1, 0.15) is 18.4 Å². The van der Waals surface area contributed by atoms with Gasteiger partial charge in [0.1, 0.15) is 11.6 Å². The van der Waals surface area contributed by atoms with Crippen LogP contribution in [0.2, 0.25) is 0 Å². The van der Waals surface area contributed by atoms with Crippen molar-refractivity contribution in [2.45, 2.75) is 25.5 Å². The molecule has 0 aliphatic carbocycles. The number of anilines is 1. The third-order valence-electron chi connectivity index (χ3n) is 3.65. The predicted octanol–water partition coefficient (Wildman–Crippen LogP) is 1.24. The number of hydrogen-bond acceptors (Lipinski definition) is 4. The van der Waals surface area contributed by atoms with Gasteiger partial charge in [-0.2, -0.15) is 0 Å². The van der Waals surface area contributed by atoms with E-state index in [9.17, 15) is 9.50 Å². The van der Waals surface area contributed by atoms with E-state index >= 15 is 0 Å². The van der Waals surface area contributed by atoms with Gasteiger partial charge in [0.15, 0.2) is 0 Å². The lowest BCUT2D eigenvalue weighted by Gasteiger charge is -2.36. The first-order valence-corrected chi connectivity index (χ1v) is 6.28. The van der Waals surface area contributed by atoms with Gasteiger partial charge in [0, 0.05) is 18.7 Å². The number of likely N-dealkylation sites (tertiary alicyclic amines) is 1. The third-order valence-corrected chi connectivity index (χ3v) is 3.65. The second kappa shape index (κ2) is 5.63. The molecule has 1 aromatic heterocycles. The molecule has 1 N–H and O–H groups in total. The standard InChI is InChI=1S/C13H20FN3O/c1-16-5-3-12(4-6-16)17(2)13-10(9-18)7-11(14)8-15-13/h7-8,12,18H,3-6,9H2,1-2H3. The zero-order chi connectivity index (χ0) is 13.1. The Morgan fingerprint density at radius 2 is 2.17 bits per heavy atom. The zero-order valence-corrected chi connectivity index (χ0v) is 10.9. The van der Waals surface area contributed by atoms with Crippen molar-refractivity contribution in [3.63, 3.8) is 0 Å². The summed E-state index contributed by atoms with van der Waals surface area (Å²) in [6, 6.07) is 1.76. The summed E-state index contributed by atoms with van der Waals surface area (Å²) in [5.74, 6) is 0.285. The smallest absolute Gasteiger partial charge is 0.142 e. The minimum absolute atomic E-state index is 0.183. The fraction of sp³-hybridized carbons (Fsp3) is 0.615. The van der Waals surface area contributed by atoms with E-state index in [1.165, 1.54) is 12.3 Å². The lowest BCUT2D eigenvalue weighted by molar-refractivity contribution is 0.251. The van der Waals surface area contributed by atoms with Crippen LogP contribution in [0, 0.1) is 5.82 Å². The predicted molar refractivity (Wildman–Crippen MR) is 69.0 cm³/mol. The maximum absolute atomic E-state index is 13.1. The zero-order valence-electron chi connectivity index (χ0n) is 10.9. The first-order chi connectivity index (χ1) is 8.61. The van der Waals surface area contributed by atoms with E-state index in [1.807, 2.05) is 7.05 Å². The largest absolute Gasteiger partial charge is 0.392 e. The number of rotatable bonds is 3. The van der Waals surface area contributed by atoms with Gasteiger partial charge in [0.25, 0.3) is 0 Å². The number of nitrogens with zero attached hydrogens (tertiary/aromatic N) is 3. The Morgan fingerprint density at radius 3 is 2.78 bits per heavy atom. The Labute approximate surface area is 107 Å². The van der Waals surface area contributed by atoms with E-state index < -0.39 is 5.82 Å². The molecular formula is C13H20FN3O. The van der Waals surface area contributed by atoms with E-state index in [2.05, 4.69) is 21.8 Å². The van der Waals surface area contributed by atoms with Crippen molar-refractivity contribution in [3.05, 3.63) is 23.6 Å². The van der Waals surface area contributed by atoms with Crippen LogP contribution in [0.3, 0.4) is 0 Å². The molecule has 2 heterocycles. The van der Waals surface area contributed by atoms with Crippen molar-refractivity contribution < 1.29 is 9.50 Å². The monoisotopic (exact) mass is 253 g/mol. The fourth-order valence-corrected chi connectivity index (χ4v) is 2.46. The quantitative estimate of drug-likeness (QED) is 0.880. The lowest BCUT2D eigenvalue weighted by atomic mass is 10.0. The van der Waals surface area contributed by atoms with E-state index in [0.29, 0.717) is 17.4 Å². The summed E-state index contributed by atoms with van der Waals surface area (Å²) in [6.45, 7) is 1.94. The van der Waals surface area contributed by atoms with Crippen LogP contribution in [0.15, 0.2) is 12.3 Å². The molecule has 4 nitrogen and oxygen atoms in total. The molecule has 100 valence electrons. The van der Waals surface area contributed by atoms with Crippen LogP contribution in [0.5, 0.6) is 0 Å². The molecule has 0 saturated carbocycles. The number of piperidine rings is 1. The highest BCUT2D eigenvalue weighted by Crippen LogP contribution is 2.23. The van der Waals surface area contributed by atoms with Gasteiger partial charge in [0.05, 0.1) is 12.8 Å². The van der Waals surface area contributed by atoms with Gasteiger partial charge < -0.3 is 14.9 Å². The summed E-state index contributed by atoms with van der Waals surface area (Å²) in [5.41, 5.74) is 0.552. The van der Waals surface area contributed by atoms with Crippen LogP contribution >= 0.6 is 0 Å². The fourth-order valence-electron chi connectivity index (χ4n) is 2.46. The molecule has 0 bridgehead atoms. The number of hydrogen-bond donors (Lipinski definition) is 1. The average molecular weight is 253 g/mol. The second-order valence-corrected chi connectivity index (χ2v) is 4.94. The molecule has 1 aliphatic heterocycles. The number of pyridine rings is 1. The summed E-state index contributed by atoms with van der Waals surface area (Å²) in [4.78, 5) is 8.49. The van der Waals surface area contributed by atoms with Gasteiger partial charge in [-0.15, -0.1) is 0 Å². The molecule has 0 aromatic carbocycles. The molecule has 0 amide bonds. The summed E-state index contributed by atoms with van der Waals surface area (Å²) in [7, 11) is 4.08. The first kappa shape index (κ1) is 13.2. The first-order valence-electron chi connectivity index (χ1n) is 6.28. The molecule has 5 heteroatoms. The minimum atomic E-state index is -0.403. The molecule has 18 heavy (non-hydrogen) atoms. The highest BCUT2D eigenvalue weighted by molar-refractivity contribution is 5.46. The Kier molecular flexibility index (Phi) is 4.14. The topological polar surface area (TPSA) is 39.6 Å². The SMILES string of the molecule is CN1CCC(N(C)c2ncc(F)cc2CO)CC1. The normalized spacial score (nSPS) is 18.0. The lowest BCUT2D eigenvalue weighted by Crippen LogP contribution is -2.42. The van der Waals surface area contributed by atoms with E-state index in [4.69, 9.17) is 0 Å². The number of aliphatic hydroxyl groups is 1. The van der Waals surface area contributed by atoms with Crippen LogP contribution in [0.4, 0.5) is 10.2 Å². The average Bonchev–Trinajstić information content (AvgIpc) is 2.38. The summed E-state index contributed by atoms with van der Waals surface area (Å²) in [5, 5.41) is 9.29. The van der Waals surface area contributed by atoms with Gasteiger partial charge in [-0.25, -0.2) is 9.37 Å². The molecule has 0 spiro atoms. The van der Waals surface area contributed by atoms with Gasteiger partial charge in [0.2, 0.25) is 0 Å². The molecule has 0 unspecified atom stereocenters. The Bertz CT molecular complexity index is 405. The maximum Gasteiger partial charge on any atom is 0.142 e.